The van der Waals surface area contributed by atoms with Crippen molar-refractivity contribution in [1.29, 1.82) is 0 Å². The fraction of sp³-hybridized carbons (Fsp3) is 0.750. The topological polar surface area (TPSA) is 26.0 Å². The number of halogens is 2. The summed E-state index contributed by atoms with van der Waals surface area (Å²) in [6.45, 7) is 3.52. The SMILES string of the molecule is C=CCCC1(N)CC(F)(F)C1. The molecule has 0 heterocycles. The normalized spacial score (nSPS) is 25.7. The van der Waals surface area contributed by atoms with Crippen molar-refractivity contribution >= 4 is 0 Å². The van der Waals surface area contributed by atoms with Crippen LogP contribution in [0.15, 0.2) is 12.7 Å². The van der Waals surface area contributed by atoms with Crippen LogP contribution in [0.4, 0.5) is 8.78 Å². The summed E-state index contributed by atoms with van der Waals surface area (Å²) in [4.78, 5) is 0. The number of hydrogen-bond acceptors (Lipinski definition) is 1. The van der Waals surface area contributed by atoms with Gasteiger partial charge in [0.05, 0.1) is 0 Å². The van der Waals surface area contributed by atoms with Gasteiger partial charge in [0, 0.05) is 18.4 Å². The molecule has 3 heteroatoms. The molecule has 1 fully saturated rings. The van der Waals surface area contributed by atoms with Crippen molar-refractivity contribution in [3.05, 3.63) is 12.7 Å². The molecule has 1 saturated carbocycles. The Hall–Kier alpha value is -0.440. The average molecular weight is 161 g/mol. The summed E-state index contributed by atoms with van der Waals surface area (Å²) >= 11 is 0. The molecule has 0 spiro atoms. The molecule has 0 bridgehead atoms. The maximum absolute atomic E-state index is 12.4. The molecule has 0 aliphatic heterocycles. The van der Waals surface area contributed by atoms with Gasteiger partial charge in [-0.3, -0.25) is 0 Å². The predicted octanol–water partition coefficient (Wildman–Crippen LogP) is 2.08. The highest BCUT2D eigenvalue weighted by atomic mass is 19.3. The van der Waals surface area contributed by atoms with Crippen molar-refractivity contribution in [2.24, 2.45) is 5.73 Å². The van der Waals surface area contributed by atoms with E-state index in [2.05, 4.69) is 6.58 Å². The second-order valence-corrected chi connectivity index (χ2v) is 3.40. The quantitative estimate of drug-likeness (QED) is 0.630. The van der Waals surface area contributed by atoms with Gasteiger partial charge in [-0.15, -0.1) is 6.58 Å². The Morgan fingerprint density at radius 3 is 2.36 bits per heavy atom. The Labute approximate surface area is 65.3 Å². The maximum Gasteiger partial charge on any atom is 0.251 e. The molecule has 1 aliphatic carbocycles. The minimum Gasteiger partial charge on any atom is -0.325 e. The smallest absolute Gasteiger partial charge is 0.251 e. The Morgan fingerprint density at radius 2 is 2.00 bits per heavy atom. The van der Waals surface area contributed by atoms with E-state index in [1.54, 1.807) is 6.08 Å². The number of allylic oxidation sites excluding steroid dienone is 1. The van der Waals surface area contributed by atoms with E-state index in [1.165, 1.54) is 0 Å². The van der Waals surface area contributed by atoms with Crippen LogP contribution in [0.2, 0.25) is 0 Å². The van der Waals surface area contributed by atoms with E-state index in [0.717, 1.165) is 6.42 Å². The van der Waals surface area contributed by atoms with Crippen LogP contribution >= 0.6 is 0 Å². The zero-order valence-electron chi connectivity index (χ0n) is 6.45. The van der Waals surface area contributed by atoms with E-state index >= 15 is 0 Å². The van der Waals surface area contributed by atoms with Crippen LogP contribution in [-0.2, 0) is 0 Å². The Kier molecular flexibility index (Phi) is 2.01. The molecular weight excluding hydrogens is 148 g/mol. The molecule has 1 nitrogen and oxygen atoms in total. The summed E-state index contributed by atoms with van der Waals surface area (Å²) in [5.41, 5.74) is 5.02. The monoisotopic (exact) mass is 161 g/mol. The van der Waals surface area contributed by atoms with Crippen molar-refractivity contribution in [3.63, 3.8) is 0 Å². The fourth-order valence-electron chi connectivity index (χ4n) is 1.54. The Morgan fingerprint density at radius 1 is 1.45 bits per heavy atom. The van der Waals surface area contributed by atoms with E-state index in [1.807, 2.05) is 0 Å². The summed E-state index contributed by atoms with van der Waals surface area (Å²) < 4.78 is 24.7. The molecule has 64 valence electrons. The van der Waals surface area contributed by atoms with Gasteiger partial charge in [0.15, 0.2) is 0 Å². The maximum atomic E-state index is 12.4. The summed E-state index contributed by atoms with van der Waals surface area (Å²) in [6.07, 6.45) is 2.76. The highest BCUT2D eigenvalue weighted by Gasteiger charge is 2.53. The van der Waals surface area contributed by atoms with Crippen molar-refractivity contribution in [3.8, 4) is 0 Å². The highest BCUT2D eigenvalue weighted by Crippen LogP contribution is 2.46. The van der Waals surface area contributed by atoms with Crippen LogP contribution in [0.1, 0.15) is 25.7 Å². The van der Waals surface area contributed by atoms with E-state index in [4.69, 9.17) is 5.73 Å². The van der Waals surface area contributed by atoms with Crippen LogP contribution in [0, 0.1) is 0 Å². The van der Waals surface area contributed by atoms with E-state index in [9.17, 15) is 8.78 Å². The van der Waals surface area contributed by atoms with Gasteiger partial charge in [0.1, 0.15) is 0 Å². The Bertz CT molecular complexity index is 157. The van der Waals surface area contributed by atoms with E-state index in [0.29, 0.717) is 6.42 Å². The van der Waals surface area contributed by atoms with Crippen LogP contribution in [0.25, 0.3) is 0 Å². The van der Waals surface area contributed by atoms with E-state index in [-0.39, 0.29) is 12.8 Å². The first-order chi connectivity index (χ1) is 4.97. The molecule has 0 atom stereocenters. The Balaban J connectivity index is 2.31. The summed E-state index contributed by atoms with van der Waals surface area (Å²) in [5, 5.41) is 0. The van der Waals surface area contributed by atoms with Gasteiger partial charge >= 0.3 is 0 Å². The molecule has 0 radical (unpaired) electrons. The average Bonchev–Trinajstić information content (AvgIpc) is 1.79. The first-order valence-corrected chi connectivity index (χ1v) is 3.75. The summed E-state index contributed by atoms with van der Waals surface area (Å²) in [7, 11) is 0. The molecule has 0 saturated heterocycles. The first-order valence-electron chi connectivity index (χ1n) is 3.75. The molecule has 11 heavy (non-hydrogen) atoms. The number of alkyl halides is 2. The molecule has 0 aromatic carbocycles. The van der Waals surface area contributed by atoms with Crippen LogP contribution < -0.4 is 5.73 Å². The van der Waals surface area contributed by atoms with Crippen molar-refractivity contribution in [2.75, 3.05) is 0 Å². The first kappa shape index (κ1) is 8.65. The third-order valence-corrected chi connectivity index (χ3v) is 2.07. The van der Waals surface area contributed by atoms with Gasteiger partial charge in [-0.05, 0) is 12.8 Å². The van der Waals surface area contributed by atoms with Gasteiger partial charge in [-0.25, -0.2) is 8.78 Å². The third-order valence-electron chi connectivity index (χ3n) is 2.07. The number of hydrogen-bond donors (Lipinski definition) is 1. The minimum atomic E-state index is -2.50. The number of nitrogens with two attached hydrogens (primary N) is 1. The minimum absolute atomic E-state index is 0.159. The second kappa shape index (κ2) is 2.55. The standard InChI is InChI=1S/C8H13F2N/c1-2-3-4-7(11)5-8(9,10)6-7/h2H,1,3-6,11H2. The zero-order valence-corrected chi connectivity index (χ0v) is 6.45. The van der Waals surface area contributed by atoms with Gasteiger partial charge < -0.3 is 5.73 Å². The molecule has 0 aromatic rings. The third kappa shape index (κ3) is 1.99. The molecule has 0 aromatic heterocycles. The highest BCUT2D eigenvalue weighted by molar-refractivity contribution is 5.03. The van der Waals surface area contributed by atoms with Gasteiger partial charge in [0.25, 0.3) is 5.92 Å². The lowest BCUT2D eigenvalue weighted by atomic mass is 9.71. The lowest BCUT2D eigenvalue weighted by molar-refractivity contribution is -0.123. The zero-order chi connectivity index (χ0) is 8.54. The lowest BCUT2D eigenvalue weighted by Gasteiger charge is -2.44. The summed E-state index contributed by atoms with van der Waals surface area (Å²) in [6, 6.07) is 0. The summed E-state index contributed by atoms with van der Waals surface area (Å²) in [5.74, 6) is -2.50. The predicted molar refractivity (Wildman–Crippen MR) is 40.5 cm³/mol. The lowest BCUT2D eigenvalue weighted by Crippen LogP contribution is -2.57. The molecule has 0 amide bonds. The van der Waals surface area contributed by atoms with Crippen LogP contribution in [0.3, 0.4) is 0 Å². The van der Waals surface area contributed by atoms with Crippen molar-refractivity contribution in [2.45, 2.75) is 37.1 Å². The molecule has 1 rings (SSSR count). The van der Waals surface area contributed by atoms with Gasteiger partial charge in [0.2, 0.25) is 0 Å². The van der Waals surface area contributed by atoms with Crippen molar-refractivity contribution in [1.82, 2.24) is 0 Å². The largest absolute Gasteiger partial charge is 0.325 e. The number of rotatable bonds is 3. The van der Waals surface area contributed by atoms with E-state index < -0.39 is 11.5 Å². The van der Waals surface area contributed by atoms with Gasteiger partial charge in [-0.1, -0.05) is 6.08 Å². The fourth-order valence-corrected chi connectivity index (χ4v) is 1.54. The van der Waals surface area contributed by atoms with Crippen LogP contribution in [-0.4, -0.2) is 11.5 Å². The molecule has 2 N–H and O–H groups in total. The molecular formula is C8H13F2N. The van der Waals surface area contributed by atoms with Crippen molar-refractivity contribution < 1.29 is 8.78 Å². The molecule has 1 aliphatic rings. The van der Waals surface area contributed by atoms with Gasteiger partial charge in [-0.2, -0.15) is 0 Å². The molecule has 0 unspecified atom stereocenters. The second-order valence-electron chi connectivity index (χ2n) is 3.40. The van der Waals surface area contributed by atoms with Crippen LogP contribution in [0.5, 0.6) is 0 Å².